The maximum absolute atomic E-state index is 12.2. The summed E-state index contributed by atoms with van der Waals surface area (Å²) in [4.78, 5) is 16.3. The van der Waals surface area contributed by atoms with Gasteiger partial charge in [-0.2, -0.15) is 0 Å². The van der Waals surface area contributed by atoms with Crippen LogP contribution in [0.3, 0.4) is 0 Å². The van der Waals surface area contributed by atoms with Crippen molar-refractivity contribution in [2.75, 3.05) is 6.54 Å². The Kier molecular flexibility index (Phi) is 3.48. The lowest BCUT2D eigenvalue weighted by Gasteiger charge is -2.27. The monoisotopic (exact) mass is 267 g/mol. The van der Waals surface area contributed by atoms with Crippen LogP contribution in [0.4, 0.5) is 0 Å². The molecule has 4 nitrogen and oxygen atoms in total. The number of fused-ring (bicyclic) bond motifs is 1. The Hall–Kier alpha value is -2.20. The molecular weight excluding hydrogens is 250 g/mol. The number of aromatic nitrogens is 1. The highest BCUT2D eigenvalue weighted by atomic mass is 16.1. The second-order valence-corrected chi connectivity index (χ2v) is 5.07. The van der Waals surface area contributed by atoms with E-state index in [0.29, 0.717) is 5.69 Å². The van der Waals surface area contributed by atoms with Gasteiger partial charge in [0.05, 0.1) is 6.04 Å². The molecule has 2 heterocycles. The third-order valence-corrected chi connectivity index (χ3v) is 3.54. The molecule has 1 aromatic heterocycles. The number of carbonyl (C=O) groups is 1. The lowest BCUT2D eigenvalue weighted by atomic mass is 9.94. The zero-order chi connectivity index (χ0) is 13.9. The highest BCUT2D eigenvalue weighted by Gasteiger charge is 2.22. The lowest BCUT2D eigenvalue weighted by Crippen LogP contribution is -2.39. The van der Waals surface area contributed by atoms with Gasteiger partial charge in [0, 0.05) is 19.3 Å². The molecule has 2 N–H and O–H groups in total. The summed E-state index contributed by atoms with van der Waals surface area (Å²) < 4.78 is 0. The van der Waals surface area contributed by atoms with Crippen molar-refractivity contribution in [3.8, 4) is 0 Å². The second-order valence-electron chi connectivity index (χ2n) is 5.07. The van der Waals surface area contributed by atoms with Crippen molar-refractivity contribution in [1.29, 1.82) is 0 Å². The Morgan fingerprint density at radius 2 is 2.25 bits per heavy atom. The molecule has 0 spiro atoms. The molecule has 2 aromatic rings. The predicted molar refractivity (Wildman–Crippen MR) is 77.3 cm³/mol. The standard InChI is InChI=1S/C16H17N3O/c1-11-5-6-12-9-17-10-15(13(12)8-11)19-16(20)14-4-2-3-7-18-14/h2-8,15,17H,9-10H2,1H3,(H,19,20). The summed E-state index contributed by atoms with van der Waals surface area (Å²) in [5, 5.41) is 6.39. The highest BCUT2D eigenvalue weighted by molar-refractivity contribution is 5.92. The number of nitrogens with zero attached hydrogens (tertiary/aromatic N) is 1. The summed E-state index contributed by atoms with van der Waals surface area (Å²) in [6.45, 7) is 3.67. The third-order valence-electron chi connectivity index (χ3n) is 3.54. The van der Waals surface area contributed by atoms with Crippen molar-refractivity contribution < 1.29 is 4.79 Å². The first-order valence-corrected chi connectivity index (χ1v) is 6.76. The molecular formula is C16H17N3O. The third kappa shape index (κ3) is 2.56. The molecule has 1 amide bonds. The molecule has 102 valence electrons. The second kappa shape index (κ2) is 5.43. The molecule has 3 rings (SSSR count). The zero-order valence-electron chi connectivity index (χ0n) is 11.4. The van der Waals surface area contributed by atoms with E-state index in [0.717, 1.165) is 13.1 Å². The van der Waals surface area contributed by atoms with Gasteiger partial charge < -0.3 is 10.6 Å². The molecule has 1 aromatic carbocycles. The first-order chi connectivity index (χ1) is 9.74. The molecule has 1 aliphatic heterocycles. The van der Waals surface area contributed by atoms with E-state index < -0.39 is 0 Å². The Bertz CT molecular complexity index is 625. The van der Waals surface area contributed by atoms with Gasteiger partial charge in [-0.3, -0.25) is 9.78 Å². The predicted octanol–water partition coefficient (Wildman–Crippen LogP) is 1.96. The average Bonchev–Trinajstić information content (AvgIpc) is 2.49. The van der Waals surface area contributed by atoms with E-state index in [9.17, 15) is 4.79 Å². The summed E-state index contributed by atoms with van der Waals surface area (Å²) in [6.07, 6.45) is 1.63. The van der Waals surface area contributed by atoms with Gasteiger partial charge >= 0.3 is 0 Å². The minimum atomic E-state index is -0.133. The van der Waals surface area contributed by atoms with Crippen molar-refractivity contribution >= 4 is 5.91 Å². The summed E-state index contributed by atoms with van der Waals surface area (Å²) in [5.74, 6) is -0.133. The molecule has 0 bridgehead atoms. The maximum atomic E-state index is 12.2. The van der Waals surface area contributed by atoms with Crippen LogP contribution in [-0.4, -0.2) is 17.4 Å². The molecule has 0 saturated heterocycles. The van der Waals surface area contributed by atoms with Gasteiger partial charge in [0.15, 0.2) is 0 Å². The molecule has 0 saturated carbocycles. The summed E-state index contributed by atoms with van der Waals surface area (Å²) in [5.41, 5.74) is 4.11. The molecule has 4 heteroatoms. The number of rotatable bonds is 2. The molecule has 0 aliphatic carbocycles. The Labute approximate surface area is 118 Å². The van der Waals surface area contributed by atoms with Crippen LogP contribution in [0.15, 0.2) is 42.6 Å². The topological polar surface area (TPSA) is 54.0 Å². The summed E-state index contributed by atoms with van der Waals surface area (Å²) in [7, 11) is 0. The van der Waals surface area contributed by atoms with Crippen LogP contribution >= 0.6 is 0 Å². The van der Waals surface area contributed by atoms with E-state index in [2.05, 4.69) is 40.7 Å². The van der Waals surface area contributed by atoms with E-state index in [1.165, 1.54) is 16.7 Å². The number of amides is 1. The van der Waals surface area contributed by atoms with E-state index in [1.807, 2.05) is 6.07 Å². The van der Waals surface area contributed by atoms with Crippen LogP contribution in [0, 0.1) is 6.92 Å². The minimum Gasteiger partial charge on any atom is -0.343 e. The largest absolute Gasteiger partial charge is 0.343 e. The van der Waals surface area contributed by atoms with Crippen LogP contribution in [-0.2, 0) is 6.54 Å². The van der Waals surface area contributed by atoms with Crippen molar-refractivity contribution in [3.63, 3.8) is 0 Å². The fraction of sp³-hybridized carbons (Fsp3) is 0.250. The average molecular weight is 267 g/mol. The molecule has 1 atom stereocenters. The number of pyridine rings is 1. The Balaban J connectivity index is 1.83. The van der Waals surface area contributed by atoms with Crippen LogP contribution in [0.5, 0.6) is 0 Å². The lowest BCUT2D eigenvalue weighted by molar-refractivity contribution is 0.0929. The summed E-state index contributed by atoms with van der Waals surface area (Å²) >= 11 is 0. The fourth-order valence-electron chi connectivity index (χ4n) is 2.52. The SMILES string of the molecule is Cc1ccc2c(c1)C(NC(=O)c1ccccn1)CNC2. The first kappa shape index (κ1) is 12.8. The van der Waals surface area contributed by atoms with Gasteiger partial charge in [0.2, 0.25) is 0 Å². The van der Waals surface area contributed by atoms with Crippen LogP contribution in [0.2, 0.25) is 0 Å². The smallest absolute Gasteiger partial charge is 0.270 e. The zero-order valence-corrected chi connectivity index (χ0v) is 11.4. The van der Waals surface area contributed by atoms with E-state index >= 15 is 0 Å². The number of hydrogen-bond donors (Lipinski definition) is 2. The Morgan fingerprint density at radius 1 is 1.35 bits per heavy atom. The van der Waals surface area contributed by atoms with Crippen LogP contribution in [0.1, 0.15) is 33.2 Å². The van der Waals surface area contributed by atoms with Crippen molar-refractivity contribution in [2.24, 2.45) is 0 Å². The van der Waals surface area contributed by atoms with Crippen molar-refractivity contribution in [1.82, 2.24) is 15.6 Å². The molecule has 1 aliphatic rings. The quantitative estimate of drug-likeness (QED) is 0.874. The van der Waals surface area contributed by atoms with Gasteiger partial charge in [0.1, 0.15) is 5.69 Å². The van der Waals surface area contributed by atoms with Crippen LogP contribution in [0.25, 0.3) is 0 Å². The number of benzene rings is 1. The van der Waals surface area contributed by atoms with E-state index in [1.54, 1.807) is 18.3 Å². The number of carbonyl (C=O) groups excluding carboxylic acids is 1. The minimum absolute atomic E-state index is 0.00634. The molecule has 1 unspecified atom stereocenters. The van der Waals surface area contributed by atoms with Crippen molar-refractivity contribution in [3.05, 3.63) is 65.0 Å². The summed E-state index contributed by atoms with van der Waals surface area (Å²) in [6, 6.07) is 11.7. The van der Waals surface area contributed by atoms with Gasteiger partial charge in [-0.25, -0.2) is 0 Å². The normalized spacial score (nSPS) is 17.4. The van der Waals surface area contributed by atoms with Crippen LogP contribution < -0.4 is 10.6 Å². The van der Waals surface area contributed by atoms with Gasteiger partial charge in [-0.1, -0.05) is 29.8 Å². The van der Waals surface area contributed by atoms with E-state index in [-0.39, 0.29) is 11.9 Å². The maximum Gasteiger partial charge on any atom is 0.270 e. The number of aryl methyl sites for hydroxylation is 1. The molecule has 0 radical (unpaired) electrons. The molecule has 0 fully saturated rings. The van der Waals surface area contributed by atoms with Gasteiger partial charge in [-0.15, -0.1) is 0 Å². The number of nitrogens with one attached hydrogen (secondary N) is 2. The van der Waals surface area contributed by atoms with Gasteiger partial charge in [0.25, 0.3) is 5.91 Å². The first-order valence-electron chi connectivity index (χ1n) is 6.76. The van der Waals surface area contributed by atoms with E-state index in [4.69, 9.17) is 0 Å². The number of hydrogen-bond acceptors (Lipinski definition) is 3. The fourth-order valence-corrected chi connectivity index (χ4v) is 2.52. The van der Waals surface area contributed by atoms with Crippen molar-refractivity contribution in [2.45, 2.75) is 19.5 Å². The highest BCUT2D eigenvalue weighted by Crippen LogP contribution is 2.23. The Morgan fingerprint density at radius 3 is 3.05 bits per heavy atom. The van der Waals surface area contributed by atoms with Gasteiger partial charge in [-0.05, 0) is 30.2 Å². The molecule has 20 heavy (non-hydrogen) atoms.